The molecule has 1 aliphatic rings. The molecule has 0 heterocycles. The highest BCUT2D eigenvalue weighted by Crippen LogP contribution is 2.29. The summed E-state index contributed by atoms with van der Waals surface area (Å²) in [5, 5.41) is 18.1. The Bertz CT molecular complexity index is 452. The first-order valence-electron chi connectivity index (χ1n) is 5.56. The van der Waals surface area contributed by atoms with E-state index in [0.717, 1.165) is 6.42 Å². The van der Waals surface area contributed by atoms with Gasteiger partial charge in [-0.15, -0.1) is 0 Å². The molecule has 2 atom stereocenters. The zero-order valence-corrected chi connectivity index (χ0v) is 9.40. The Kier molecular flexibility index (Phi) is 3.47. The Morgan fingerprint density at radius 1 is 1.28 bits per heavy atom. The zero-order valence-electron chi connectivity index (χ0n) is 9.40. The fourth-order valence-electron chi connectivity index (χ4n) is 1.99. The summed E-state index contributed by atoms with van der Waals surface area (Å²) in [6, 6.07) is 1.39. The summed E-state index contributed by atoms with van der Waals surface area (Å²) in [7, 11) is 0. The molecule has 2 unspecified atom stereocenters. The van der Waals surface area contributed by atoms with Gasteiger partial charge in [0, 0.05) is 0 Å². The quantitative estimate of drug-likeness (QED) is 0.869. The number of aliphatic hydroxyl groups excluding tert-OH is 1. The normalized spacial score (nSPS) is 23.1. The molecule has 0 aliphatic heterocycles. The lowest BCUT2D eigenvalue weighted by molar-refractivity contribution is 0.0548. The Labute approximate surface area is 102 Å². The van der Waals surface area contributed by atoms with Gasteiger partial charge in [0.2, 0.25) is 0 Å². The molecule has 1 fully saturated rings. The van der Waals surface area contributed by atoms with Gasteiger partial charge in [-0.1, -0.05) is 0 Å². The Morgan fingerprint density at radius 2 is 1.89 bits per heavy atom. The molecule has 0 spiro atoms. The molecule has 0 bridgehead atoms. The fraction of sp³-hybridized carbons (Fsp3) is 0.417. The minimum absolute atomic E-state index is 0.482. The minimum atomic E-state index is -1.42. The number of ether oxygens (including phenoxy) is 1. The second-order valence-corrected chi connectivity index (χ2v) is 4.23. The molecule has 6 heteroatoms. The van der Waals surface area contributed by atoms with Gasteiger partial charge in [0.15, 0.2) is 17.4 Å². The highest BCUT2D eigenvalue weighted by Gasteiger charge is 2.29. The molecule has 18 heavy (non-hydrogen) atoms. The third-order valence-electron chi connectivity index (χ3n) is 2.93. The van der Waals surface area contributed by atoms with Crippen molar-refractivity contribution < 1.29 is 28.5 Å². The van der Waals surface area contributed by atoms with Crippen LogP contribution in [0.4, 0.5) is 8.78 Å². The van der Waals surface area contributed by atoms with E-state index in [2.05, 4.69) is 0 Å². The molecule has 98 valence electrons. The lowest BCUT2D eigenvalue weighted by Gasteiger charge is -2.18. The average Bonchev–Trinajstić information content (AvgIpc) is 2.69. The van der Waals surface area contributed by atoms with Crippen molar-refractivity contribution >= 4 is 5.97 Å². The van der Waals surface area contributed by atoms with Crippen molar-refractivity contribution in [2.24, 2.45) is 0 Å². The molecule has 1 aromatic rings. The van der Waals surface area contributed by atoms with E-state index >= 15 is 0 Å². The average molecular weight is 258 g/mol. The molecule has 2 rings (SSSR count). The van der Waals surface area contributed by atoms with Crippen molar-refractivity contribution in [2.75, 3.05) is 0 Å². The van der Waals surface area contributed by atoms with Crippen LogP contribution in [0, 0.1) is 11.6 Å². The molecule has 1 aliphatic carbocycles. The van der Waals surface area contributed by atoms with E-state index in [1.165, 1.54) is 0 Å². The van der Waals surface area contributed by atoms with Crippen molar-refractivity contribution in [2.45, 2.75) is 31.5 Å². The topological polar surface area (TPSA) is 66.8 Å². The largest absolute Gasteiger partial charge is 0.482 e. The van der Waals surface area contributed by atoms with Gasteiger partial charge >= 0.3 is 5.97 Å². The number of aromatic carboxylic acids is 1. The van der Waals surface area contributed by atoms with Gasteiger partial charge in [0.05, 0.1) is 11.7 Å². The van der Waals surface area contributed by atoms with Gasteiger partial charge in [-0.3, -0.25) is 0 Å². The van der Waals surface area contributed by atoms with Crippen LogP contribution in [0.1, 0.15) is 29.6 Å². The number of carboxylic acid groups (broad SMARTS) is 1. The Balaban J connectivity index is 2.25. The van der Waals surface area contributed by atoms with Gasteiger partial charge in [0.1, 0.15) is 6.10 Å². The predicted molar refractivity (Wildman–Crippen MR) is 57.6 cm³/mol. The van der Waals surface area contributed by atoms with Crippen LogP contribution in [-0.2, 0) is 0 Å². The summed E-state index contributed by atoms with van der Waals surface area (Å²) in [5.74, 6) is -4.20. The van der Waals surface area contributed by atoms with Gasteiger partial charge in [0.25, 0.3) is 0 Å². The molecule has 0 saturated heterocycles. The molecule has 1 aromatic carbocycles. The van der Waals surface area contributed by atoms with Crippen LogP contribution < -0.4 is 4.74 Å². The highest BCUT2D eigenvalue weighted by molar-refractivity contribution is 5.87. The van der Waals surface area contributed by atoms with Crippen molar-refractivity contribution in [1.29, 1.82) is 0 Å². The van der Waals surface area contributed by atoms with Gasteiger partial charge in [-0.25, -0.2) is 13.6 Å². The summed E-state index contributed by atoms with van der Waals surface area (Å²) in [6.45, 7) is 0. The minimum Gasteiger partial charge on any atom is -0.482 e. The highest BCUT2D eigenvalue weighted by atomic mass is 19.1. The summed E-state index contributed by atoms with van der Waals surface area (Å²) in [5.41, 5.74) is -0.482. The second-order valence-electron chi connectivity index (χ2n) is 4.23. The summed E-state index contributed by atoms with van der Waals surface area (Å²) >= 11 is 0. The summed E-state index contributed by atoms with van der Waals surface area (Å²) < 4.78 is 32.2. The fourth-order valence-corrected chi connectivity index (χ4v) is 1.99. The van der Waals surface area contributed by atoms with E-state index < -0.39 is 41.1 Å². The molecule has 1 saturated carbocycles. The third kappa shape index (κ3) is 2.43. The molecule has 0 radical (unpaired) electrons. The lowest BCUT2D eigenvalue weighted by Crippen LogP contribution is -2.26. The molecule has 4 nitrogen and oxygen atoms in total. The van der Waals surface area contributed by atoms with Gasteiger partial charge in [-0.05, 0) is 31.4 Å². The lowest BCUT2D eigenvalue weighted by atomic mass is 10.2. The second kappa shape index (κ2) is 4.89. The number of halogens is 2. The molecule has 0 aromatic heterocycles. The van der Waals surface area contributed by atoms with Gasteiger partial charge in [-0.2, -0.15) is 0 Å². The SMILES string of the molecule is O=C(O)c1cc(F)c(OC2CCCC2O)c(F)c1. The first kappa shape index (κ1) is 12.8. The van der Waals surface area contributed by atoms with Crippen LogP contribution in [0.3, 0.4) is 0 Å². The Hall–Kier alpha value is -1.69. The molecule has 0 amide bonds. The van der Waals surface area contributed by atoms with E-state index in [0.29, 0.717) is 25.0 Å². The van der Waals surface area contributed by atoms with Crippen molar-refractivity contribution in [1.82, 2.24) is 0 Å². The van der Waals surface area contributed by atoms with Crippen molar-refractivity contribution in [3.63, 3.8) is 0 Å². The van der Waals surface area contributed by atoms with E-state index in [4.69, 9.17) is 9.84 Å². The van der Waals surface area contributed by atoms with E-state index in [-0.39, 0.29) is 0 Å². The summed E-state index contributed by atoms with van der Waals surface area (Å²) in [4.78, 5) is 10.6. The van der Waals surface area contributed by atoms with E-state index in [1.54, 1.807) is 0 Å². The maximum absolute atomic E-state index is 13.5. The third-order valence-corrected chi connectivity index (χ3v) is 2.93. The smallest absolute Gasteiger partial charge is 0.335 e. The maximum Gasteiger partial charge on any atom is 0.335 e. The van der Waals surface area contributed by atoms with Crippen LogP contribution in [0.5, 0.6) is 5.75 Å². The van der Waals surface area contributed by atoms with Crippen LogP contribution in [0.15, 0.2) is 12.1 Å². The van der Waals surface area contributed by atoms with Crippen LogP contribution in [0.2, 0.25) is 0 Å². The number of hydrogen-bond donors (Lipinski definition) is 2. The number of benzene rings is 1. The van der Waals surface area contributed by atoms with Crippen molar-refractivity contribution in [3.8, 4) is 5.75 Å². The molecular weight excluding hydrogens is 246 g/mol. The number of aliphatic hydroxyl groups is 1. The number of carboxylic acids is 1. The maximum atomic E-state index is 13.5. The standard InChI is InChI=1S/C12H12F2O4/c13-7-4-6(12(16)17)5-8(14)11(7)18-10-3-1-2-9(10)15/h4-5,9-10,15H,1-3H2,(H,16,17). The monoisotopic (exact) mass is 258 g/mol. The zero-order chi connectivity index (χ0) is 13.3. The predicted octanol–water partition coefficient (Wildman–Crippen LogP) is 1.96. The van der Waals surface area contributed by atoms with Crippen LogP contribution >= 0.6 is 0 Å². The van der Waals surface area contributed by atoms with Gasteiger partial charge < -0.3 is 14.9 Å². The number of carbonyl (C=O) groups is 1. The number of rotatable bonds is 3. The Morgan fingerprint density at radius 3 is 2.33 bits per heavy atom. The van der Waals surface area contributed by atoms with E-state index in [1.807, 2.05) is 0 Å². The first-order valence-corrected chi connectivity index (χ1v) is 5.56. The summed E-state index contributed by atoms with van der Waals surface area (Å²) in [6.07, 6.45) is 0.372. The first-order chi connectivity index (χ1) is 8.49. The molecule has 2 N–H and O–H groups in total. The van der Waals surface area contributed by atoms with Crippen LogP contribution in [-0.4, -0.2) is 28.4 Å². The number of hydrogen-bond acceptors (Lipinski definition) is 3. The van der Waals surface area contributed by atoms with Crippen LogP contribution in [0.25, 0.3) is 0 Å². The molecular formula is C12H12F2O4. The van der Waals surface area contributed by atoms with Crippen molar-refractivity contribution in [3.05, 3.63) is 29.3 Å². The van der Waals surface area contributed by atoms with E-state index in [9.17, 15) is 18.7 Å².